The molecule has 1 heterocycles. The highest BCUT2D eigenvalue weighted by Crippen LogP contribution is 2.19. The molecule has 1 saturated heterocycles. The normalized spacial score (nSPS) is 17.6. The quantitative estimate of drug-likeness (QED) is 0.836. The summed E-state index contributed by atoms with van der Waals surface area (Å²) in [6, 6.07) is 5.99. The van der Waals surface area contributed by atoms with E-state index in [1.807, 2.05) is 0 Å². The summed E-state index contributed by atoms with van der Waals surface area (Å²) in [5, 5.41) is 0. The summed E-state index contributed by atoms with van der Waals surface area (Å²) in [5.74, 6) is -0.445. The Morgan fingerprint density at radius 1 is 1.30 bits per heavy atom. The largest absolute Gasteiger partial charge is 0.381 e. The van der Waals surface area contributed by atoms with Crippen LogP contribution < -0.4 is 0 Å². The van der Waals surface area contributed by atoms with Crippen LogP contribution in [0.1, 0.15) is 18.4 Å². The van der Waals surface area contributed by atoms with Gasteiger partial charge in [-0.05, 0) is 24.8 Å². The number of ether oxygens (including phenoxy) is 1. The maximum Gasteiger partial charge on any atom is 0.218 e. The highest BCUT2D eigenvalue weighted by atomic mass is 32.2. The Balaban J connectivity index is 2.00. The molecule has 20 heavy (non-hydrogen) atoms. The maximum atomic E-state index is 13.5. The third kappa shape index (κ3) is 4.01. The van der Waals surface area contributed by atoms with Crippen molar-refractivity contribution in [2.45, 2.75) is 18.6 Å². The smallest absolute Gasteiger partial charge is 0.218 e. The molecule has 4 nitrogen and oxygen atoms in total. The standard InChI is InChI=1S/C14H20FNO3S/c1-16(10-12-6-8-19-9-7-12)20(17,18)11-13-4-2-3-5-14(13)15/h2-5,12H,6-11H2,1H3. The average Bonchev–Trinajstić information content (AvgIpc) is 2.42. The summed E-state index contributed by atoms with van der Waals surface area (Å²) < 4.78 is 44.7. The predicted molar refractivity (Wildman–Crippen MR) is 75.2 cm³/mol. The topological polar surface area (TPSA) is 46.6 Å². The van der Waals surface area contributed by atoms with Crippen molar-refractivity contribution in [3.63, 3.8) is 0 Å². The third-order valence-corrected chi connectivity index (χ3v) is 5.40. The van der Waals surface area contributed by atoms with Crippen molar-refractivity contribution in [1.29, 1.82) is 0 Å². The first kappa shape index (κ1) is 15.4. The molecule has 1 aliphatic heterocycles. The molecule has 1 aromatic rings. The zero-order valence-corrected chi connectivity index (χ0v) is 12.4. The van der Waals surface area contributed by atoms with Crippen LogP contribution in [0, 0.1) is 11.7 Å². The van der Waals surface area contributed by atoms with E-state index in [9.17, 15) is 12.8 Å². The van der Waals surface area contributed by atoms with Gasteiger partial charge in [0.05, 0.1) is 5.75 Å². The second-order valence-electron chi connectivity index (χ2n) is 5.18. The third-order valence-electron chi connectivity index (χ3n) is 3.63. The molecule has 2 rings (SSSR count). The van der Waals surface area contributed by atoms with Crippen LogP contribution in [0.15, 0.2) is 24.3 Å². The van der Waals surface area contributed by atoms with Crippen molar-refractivity contribution < 1.29 is 17.5 Å². The molecule has 1 aliphatic rings. The lowest BCUT2D eigenvalue weighted by atomic mass is 10.0. The fourth-order valence-electron chi connectivity index (χ4n) is 2.33. The Morgan fingerprint density at radius 2 is 1.95 bits per heavy atom. The van der Waals surface area contributed by atoms with E-state index in [1.165, 1.54) is 16.4 Å². The summed E-state index contributed by atoms with van der Waals surface area (Å²) in [6.45, 7) is 1.85. The van der Waals surface area contributed by atoms with E-state index in [-0.39, 0.29) is 11.3 Å². The van der Waals surface area contributed by atoms with Crippen molar-refractivity contribution in [1.82, 2.24) is 4.31 Å². The number of benzene rings is 1. The number of hydrogen-bond donors (Lipinski definition) is 0. The van der Waals surface area contributed by atoms with Crippen LogP contribution in [0.2, 0.25) is 0 Å². The fraction of sp³-hybridized carbons (Fsp3) is 0.571. The minimum atomic E-state index is -3.48. The molecule has 0 N–H and O–H groups in total. The van der Waals surface area contributed by atoms with Crippen molar-refractivity contribution in [3.8, 4) is 0 Å². The van der Waals surface area contributed by atoms with Gasteiger partial charge in [-0.2, -0.15) is 0 Å². The number of hydrogen-bond acceptors (Lipinski definition) is 3. The van der Waals surface area contributed by atoms with Crippen LogP contribution in [0.25, 0.3) is 0 Å². The lowest BCUT2D eigenvalue weighted by molar-refractivity contribution is 0.0620. The number of sulfonamides is 1. The van der Waals surface area contributed by atoms with Gasteiger partial charge in [0.2, 0.25) is 10.0 Å². The van der Waals surface area contributed by atoms with Crippen molar-refractivity contribution in [3.05, 3.63) is 35.6 Å². The molecular formula is C14H20FNO3S. The van der Waals surface area contributed by atoms with Gasteiger partial charge in [-0.3, -0.25) is 0 Å². The van der Waals surface area contributed by atoms with E-state index in [2.05, 4.69) is 0 Å². The highest BCUT2D eigenvalue weighted by molar-refractivity contribution is 7.88. The van der Waals surface area contributed by atoms with Crippen LogP contribution in [-0.4, -0.2) is 39.5 Å². The molecule has 0 spiro atoms. The molecular weight excluding hydrogens is 281 g/mol. The molecule has 1 aromatic carbocycles. The predicted octanol–water partition coefficient (Wildman–Crippen LogP) is 2.01. The van der Waals surface area contributed by atoms with E-state index in [4.69, 9.17) is 4.74 Å². The van der Waals surface area contributed by atoms with Gasteiger partial charge in [0.25, 0.3) is 0 Å². The molecule has 0 aliphatic carbocycles. The van der Waals surface area contributed by atoms with E-state index in [0.29, 0.717) is 25.7 Å². The van der Waals surface area contributed by atoms with Gasteiger partial charge in [-0.1, -0.05) is 18.2 Å². The molecule has 0 radical (unpaired) electrons. The first-order valence-electron chi connectivity index (χ1n) is 6.74. The van der Waals surface area contributed by atoms with E-state index >= 15 is 0 Å². The monoisotopic (exact) mass is 301 g/mol. The molecule has 0 bridgehead atoms. The first-order chi connectivity index (χ1) is 9.49. The highest BCUT2D eigenvalue weighted by Gasteiger charge is 2.24. The van der Waals surface area contributed by atoms with Gasteiger partial charge in [-0.25, -0.2) is 17.1 Å². The first-order valence-corrected chi connectivity index (χ1v) is 8.35. The van der Waals surface area contributed by atoms with Crippen LogP contribution in [0.4, 0.5) is 4.39 Å². The van der Waals surface area contributed by atoms with E-state index < -0.39 is 15.8 Å². The fourth-order valence-corrected chi connectivity index (χ4v) is 3.61. The lowest BCUT2D eigenvalue weighted by Gasteiger charge is -2.26. The number of rotatable bonds is 5. The van der Waals surface area contributed by atoms with Crippen molar-refractivity contribution >= 4 is 10.0 Å². The average molecular weight is 301 g/mol. The van der Waals surface area contributed by atoms with Gasteiger partial charge in [-0.15, -0.1) is 0 Å². The Labute approximate surface area is 119 Å². The molecule has 0 saturated carbocycles. The maximum absolute atomic E-state index is 13.5. The number of nitrogens with zero attached hydrogens (tertiary/aromatic N) is 1. The molecule has 1 fully saturated rings. The van der Waals surface area contributed by atoms with Crippen LogP contribution >= 0.6 is 0 Å². The lowest BCUT2D eigenvalue weighted by Crippen LogP contribution is -2.35. The minimum Gasteiger partial charge on any atom is -0.381 e. The summed E-state index contributed by atoms with van der Waals surface area (Å²) in [6.07, 6.45) is 1.75. The molecule has 6 heteroatoms. The van der Waals surface area contributed by atoms with Crippen LogP contribution in [0.5, 0.6) is 0 Å². The molecule has 112 valence electrons. The molecule has 0 unspecified atom stereocenters. The minimum absolute atomic E-state index is 0.214. The van der Waals surface area contributed by atoms with Gasteiger partial charge in [0.1, 0.15) is 5.82 Å². The molecule has 0 aromatic heterocycles. The van der Waals surface area contributed by atoms with E-state index in [0.717, 1.165) is 12.8 Å². The summed E-state index contributed by atoms with van der Waals surface area (Å²) in [7, 11) is -1.92. The van der Waals surface area contributed by atoms with Gasteiger partial charge in [0, 0.05) is 32.4 Å². The van der Waals surface area contributed by atoms with Crippen LogP contribution in [0.3, 0.4) is 0 Å². The van der Waals surface area contributed by atoms with Gasteiger partial charge >= 0.3 is 0 Å². The summed E-state index contributed by atoms with van der Waals surface area (Å²) in [4.78, 5) is 0. The Bertz CT molecular complexity index is 541. The second-order valence-corrected chi connectivity index (χ2v) is 7.26. The second kappa shape index (κ2) is 6.65. The van der Waals surface area contributed by atoms with E-state index in [1.54, 1.807) is 19.2 Å². The zero-order chi connectivity index (χ0) is 14.6. The Kier molecular flexibility index (Phi) is 5.12. The molecule has 0 atom stereocenters. The van der Waals surface area contributed by atoms with Gasteiger partial charge in [0.15, 0.2) is 0 Å². The number of halogens is 1. The summed E-state index contributed by atoms with van der Waals surface area (Å²) >= 11 is 0. The van der Waals surface area contributed by atoms with Crippen molar-refractivity contribution in [2.24, 2.45) is 5.92 Å². The summed E-state index contributed by atoms with van der Waals surface area (Å²) in [5.41, 5.74) is 0.214. The Morgan fingerprint density at radius 3 is 2.60 bits per heavy atom. The Hall–Kier alpha value is -0.980. The zero-order valence-electron chi connectivity index (χ0n) is 11.6. The van der Waals surface area contributed by atoms with Gasteiger partial charge < -0.3 is 4.74 Å². The van der Waals surface area contributed by atoms with Crippen molar-refractivity contribution in [2.75, 3.05) is 26.8 Å². The SMILES string of the molecule is CN(CC1CCOCC1)S(=O)(=O)Cc1ccccc1F. The molecule has 0 amide bonds. The van der Waals surface area contributed by atoms with Crippen LogP contribution in [-0.2, 0) is 20.5 Å².